The summed E-state index contributed by atoms with van der Waals surface area (Å²) in [5, 5.41) is 3.74. The number of hydrogen-bond donors (Lipinski definition) is 2. The van der Waals surface area contributed by atoms with Crippen LogP contribution in [0.15, 0.2) is 53.3 Å². The molecule has 0 unspecified atom stereocenters. The number of aryl methyl sites for hydroxylation is 1. The molecular weight excluding hydrogens is 406 g/mol. The zero-order valence-corrected chi connectivity index (χ0v) is 18.9. The summed E-state index contributed by atoms with van der Waals surface area (Å²) in [6.07, 6.45) is 4.10. The Morgan fingerprint density at radius 3 is 2.71 bits per heavy atom. The van der Waals surface area contributed by atoms with Crippen molar-refractivity contribution < 1.29 is 4.79 Å². The minimum absolute atomic E-state index is 0.0968. The van der Waals surface area contributed by atoms with Gasteiger partial charge in [0.05, 0.1) is 10.9 Å². The molecule has 1 fully saturated rings. The van der Waals surface area contributed by atoms with Crippen molar-refractivity contribution in [3.05, 3.63) is 74.8 Å². The van der Waals surface area contributed by atoms with Crippen LogP contribution in [0.4, 0.5) is 0 Å². The van der Waals surface area contributed by atoms with Gasteiger partial charge in [0.2, 0.25) is 0 Å². The van der Waals surface area contributed by atoms with E-state index in [1.807, 2.05) is 30.3 Å². The van der Waals surface area contributed by atoms with E-state index in [4.69, 9.17) is 12.2 Å². The number of amides is 1. The van der Waals surface area contributed by atoms with E-state index in [0.29, 0.717) is 39.6 Å². The van der Waals surface area contributed by atoms with Crippen LogP contribution in [-0.4, -0.2) is 21.5 Å². The first kappa shape index (κ1) is 21.5. The zero-order chi connectivity index (χ0) is 22.0. The molecule has 1 aliphatic rings. The lowest BCUT2D eigenvalue weighted by Crippen LogP contribution is -2.43. The minimum atomic E-state index is -0.128. The predicted molar refractivity (Wildman–Crippen MR) is 127 cm³/mol. The molecule has 3 atom stereocenters. The molecule has 0 saturated heterocycles. The van der Waals surface area contributed by atoms with E-state index in [0.717, 1.165) is 24.8 Å². The highest BCUT2D eigenvalue weighted by molar-refractivity contribution is 7.71. The van der Waals surface area contributed by atoms with Crippen molar-refractivity contribution in [2.75, 3.05) is 0 Å². The van der Waals surface area contributed by atoms with E-state index >= 15 is 0 Å². The number of aromatic nitrogens is 2. The van der Waals surface area contributed by atoms with Crippen molar-refractivity contribution in [1.29, 1.82) is 0 Å². The largest absolute Gasteiger partial charge is 0.349 e. The second kappa shape index (κ2) is 9.18. The molecule has 0 radical (unpaired) electrons. The maximum Gasteiger partial charge on any atom is 0.262 e. The van der Waals surface area contributed by atoms with Crippen LogP contribution in [0.1, 0.15) is 49.0 Å². The second-order valence-corrected chi connectivity index (χ2v) is 9.12. The number of fused-ring (bicyclic) bond motifs is 1. The first-order chi connectivity index (χ1) is 14.9. The summed E-state index contributed by atoms with van der Waals surface area (Å²) in [5.41, 5.74) is 2.17. The zero-order valence-electron chi connectivity index (χ0n) is 18.1. The Morgan fingerprint density at radius 1 is 1.16 bits per heavy atom. The number of rotatable bonds is 5. The van der Waals surface area contributed by atoms with Gasteiger partial charge in [0.15, 0.2) is 4.77 Å². The normalized spacial score (nSPS) is 21.2. The van der Waals surface area contributed by atoms with Crippen molar-refractivity contribution in [1.82, 2.24) is 14.9 Å². The van der Waals surface area contributed by atoms with Crippen LogP contribution in [0.25, 0.3) is 10.9 Å². The molecule has 3 aromatic rings. The van der Waals surface area contributed by atoms with Gasteiger partial charge in [-0.25, -0.2) is 0 Å². The number of H-pyrrole nitrogens is 1. The first-order valence-corrected chi connectivity index (χ1v) is 11.5. The molecule has 2 aromatic carbocycles. The number of carbonyl (C=O) groups excluding carboxylic acids is 1. The highest BCUT2D eigenvalue weighted by Gasteiger charge is 2.28. The van der Waals surface area contributed by atoms with Crippen LogP contribution in [0.5, 0.6) is 0 Å². The van der Waals surface area contributed by atoms with Crippen LogP contribution in [0, 0.1) is 16.6 Å². The predicted octanol–water partition coefficient (Wildman–Crippen LogP) is 4.86. The van der Waals surface area contributed by atoms with Gasteiger partial charge in [0.1, 0.15) is 0 Å². The fraction of sp³-hybridized carbons (Fsp3) is 0.400. The van der Waals surface area contributed by atoms with Crippen molar-refractivity contribution >= 4 is 29.0 Å². The first-order valence-electron chi connectivity index (χ1n) is 11.1. The van der Waals surface area contributed by atoms with Gasteiger partial charge in [0.25, 0.3) is 11.5 Å². The maximum absolute atomic E-state index is 13.0. The lowest BCUT2D eigenvalue weighted by atomic mass is 9.78. The van der Waals surface area contributed by atoms with E-state index < -0.39 is 0 Å². The Bertz CT molecular complexity index is 1200. The topological polar surface area (TPSA) is 66.9 Å². The monoisotopic (exact) mass is 435 g/mol. The third kappa shape index (κ3) is 4.64. The van der Waals surface area contributed by atoms with Crippen LogP contribution in [0.3, 0.4) is 0 Å². The second-order valence-electron chi connectivity index (χ2n) is 8.73. The molecule has 2 N–H and O–H groups in total. The fourth-order valence-corrected chi connectivity index (χ4v) is 4.81. The molecule has 162 valence electrons. The third-order valence-electron chi connectivity index (χ3n) is 6.73. The Kier molecular flexibility index (Phi) is 6.37. The number of aromatic amines is 1. The van der Waals surface area contributed by atoms with Crippen molar-refractivity contribution in [3.63, 3.8) is 0 Å². The number of hydrogen-bond acceptors (Lipinski definition) is 3. The average molecular weight is 436 g/mol. The molecule has 1 aliphatic carbocycles. The van der Waals surface area contributed by atoms with E-state index in [-0.39, 0.29) is 17.5 Å². The molecule has 1 heterocycles. The summed E-state index contributed by atoms with van der Waals surface area (Å²) < 4.78 is 1.97. The number of nitrogens with one attached hydrogen (secondary N) is 2. The third-order valence-corrected chi connectivity index (χ3v) is 7.06. The molecule has 0 spiro atoms. The molecule has 5 nitrogen and oxygen atoms in total. The summed E-state index contributed by atoms with van der Waals surface area (Å²) in [6.45, 7) is 4.97. The summed E-state index contributed by atoms with van der Waals surface area (Å²) in [6, 6.07) is 15.4. The smallest absolute Gasteiger partial charge is 0.262 e. The lowest BCUT2D eigenvalue weighted by Gasteiger charge is -2.34. The lowest BCUT2D eigenvalue weighted by molar-refractivity contribution is 0.0891. The minimum Gasteiger partial charge on any atom is -0.349 e. The molecule has 4 rings (SSSR count). The number of benzene rings is 2. The molecule has 1 amide bonds. The maximum atomic E-state index is 13.0. The van der Waals surface area contributed by atoms with Crippen LogP contribution in [-0.2, 0) is 13.0 Å². The van der Waals surface area contributed by atoms with Gasteiger partial charge in [-0.2, -0.15) is 0 Å². The van der Waals surface area contributed by atoms with Crippen molar-refractivity contribution in [2.24, 2.45) is 11.8 Å². The van der Waals surface area contributed by atoms with Gasteiger partial charge in [-0.3, -0.25) is 14.2 Å². The van der Waals surface area contributed by atoms with E-state index in [2.05, 4.69) is 24.1 Å². The van der Waals surface area contributed by atoms with Crippen molar-refractivity contribution in [2.45, 2.75) is 52.1 Å². The average Bonchev–Trinajstić information content (AvgIpc) is 2.77. The van der Waals surface area contributed by atoms with Crippen LogP contribution >= 0.6 is 12.2 Å². The Morgan fingerprint density at radius 2 is 1.94 bits per heavy atom. The fourth-order valence-electron chi connectivity index (χ4n) is 4.52. The van der Waals surface area contributed by atoms with Gasteiger partial charge >= 0.3 is 0 Å². The summed E-state index contributed by atoms with van der Waals surface area (Å²) >= 11 is 5.46. The molecule has 0 bridgehead atoms. The SMILES string of the molecule is C[C@H]1[C@H](C)CCC[C@@H]1NC(=O)c1ccc2c(=O)n(CCc3ccccc3)c(=S)[nH]c2c1. The van der Waals surface area contributed by atoms with Gasteiger partial charge in [0, 0.05) is 18.2 Å². The molecule has 1 aromatic heterocycles. The summed E-state index contributed by atoms with van der Waals surface area (Å²) in [5.74, 6) is 0.974. The van der Waals surface area contributed by atoms with E-state index in [9.17, 15) is 9.59 Å². The molecule has 1 saturated carbocycles. The van der Waals surface area contributed by atoms with Crippen molar-refractivity contribution in [3.8, 4) is 0 Å². The molecular formula is C25H29N3O2S. The van der Waals surface area contributed by atoms with Gasteiger partial charge in [-0.15, -0.1) is 0 Å². The van der Waals surface area contributed by atoms with E-state index in [1.165, 1.54) is 6.42 Å². The van der Waals surface area contributed by atoms with Gasteiger partial charge < -0.3 is 10.3 Å². The molecule has 31 heavy (non-hydrogen) atoms. The quantitative estimate of drug-likeness (QED) is 0.563. The Hall–Kier alpha value is -2.73. The molecule has 6 heteroatoms. The highest BCUT2D eigenvalue weighted by atomic mass is 32.1. The number of carbonyl (C=O) groups is 1. The van der Waals surface area contributed by atoms with Gasteiger partial charge in [-0.05, 0) is 60.7 Å². The van der Waals surface area contributed by atoms with Gasteiger partial charge in [-0.1, -0.05) is 57.0 Å². The van der Waals surface area contributed by atoms with Crippen LogP contribution < -0.4 is 10.9 Å². The number of nitrogens with zero attached hydrogens (tertiary/aromatic N) is 1. The Labute approximate surface area is 187 Å². The van der Waals surface area contributed by atoms with Crippen LogP contribution in [0.2, 0.25) is 0 Å². The van der Waals surface area contributed by atoms with E-state index in [1.54, 1.807) is 22.8 Å². The summed E-state index contributed by atoms with van der Waals surface area (Å²) in [4.78, 5) is 29.0. The standard InChI is InChI=1S/C25H29N3O2S/c1-16-7-6-10-21(17(16)2)26-23(29)19-11-12-20-22(15-19)27-25(31)28(24(20)30)14-13-18-8-4-3-5-9-18/h3-5,8-9,11-12,15-17,21H,6-7,10,13-14H2,1-2H3,(H,26,29)(H,27,31)/t16-,17+,21+/m1/s1. The molecule has 0 aliphatic heterocycles. The summed E-state index contributed by atoms with van der Waals surface area (Å²) in [7, 11) is 0. The highest BCUT2D eigenvalue weighted by Crippen LogP contribution is 2.29. The Balaban J connectivity index is 1.56.